The largest absolute Gasteiger partial charge is 0.467 e. The van der Waals surface area contributed by atoms with Crippen molar-refractivity contribution in [2.45, 2.75) is 6.04 Å². The summed E-state index contributed by atoms with van der Waals surface area (Å²) < 4.78 is 31.8. The molecule has 0 radical (unpaired) electrons. The Balaban J connectivity index is 2.39. The molecule has 0 aromatic heterocycles. The summed E-state index contributed by atoms with van der Waals surface area (Å²) in [6.07, 6.45) is 0. The molecule has 6 heteroatoms. The summed E-state index contributed by atoms with van der Waals surface area (Å²) in [4.78, 5) is 11.9. The lowest BCUT2D eigenvalue weighted by atomic mass is 10.1. The van der Waals surface area contributed by atoms with E-state index in [1.165, 1.54) is 37.4 Å². The maximum Gasteiger partial charge on any atom is 0.333 e. The van der Waals surface area contributed by atoms with Crippen LogP contribution >= 0.6 is 11.6 Å². The van der Waals surface area contributed by atoms with Crippen LogP contribution in [0.25, 0.3) is 0 Å². The standard InChI is InChI=1S/C15H12ClF2NO2/c1-21-15(20)14(12-7-9(16)5-6-13(12)18)19-11-4-2-3-10(17)8-11/h2-8,14,19H,1H3. The molecule has 0 saturated heterocycles. The van der Waals surface area contributed by atoms with E-state index >= 15 is 0 Å². The van der Waals surface area contributed by atoms with Gasteiger partial charge in [0, 0.05) is 16.3 Å². The Morgan fingerprint density at radius 1 is 1.24 bits per heavy atom. The molecule has 110 valence electrons. The van der Waals surface area contributed by atoms with Crippen LogP contribution in [-0.2, 0) is 9.53 Å². The first-order valence-corrected chi connectivity index (χ1v) is 6.44. The van der Waals surface area contributed by atoms with Gasteiger partial charge < -0.3 is 10.1 Å². The number of rotatable bonds is 4. The molecule has 0 aliphatic carbocycles. The molecule has 1 unspecified atom stereocenters. The summed E-state index contributed by atoms with van der Waals surface area (Å²) in [7, 11) is 1.19. The molecule has 0 heterocycles. The number of carbonyl (C=O) groups excluding carboxylic acids is 1. The SMILES string of the molecule is COC(=O)C(Nc1cccc(F)c1)c1cc(Cl)ccc1F. The molecule has 0 amide bonds. The zero-order chi connectivity index (χ0) is 15.4. The van der Waals surface area contributed by atoms with E-state index in [0.29, 0.717) is 5.69 Å². The molecule has 0 aliphatic heterocycles. The summed E-state index contributed by atoms with van der Waals surface area (Å²) in [6.45, 7) is 0. The molecule has 2 rings (SSSR count). The van der Waals surface area contributed by atoms with Crippen molar-refractivity contribution in [1.82, 2.24) is 0 Å². The summed E-state index contributed by atoms with van der Waals surface area (Å²) >= 11 is 5.83. The molecule has 0 saturated carbocycles. The molecule has 21 heavy (non-hydrogen) atoms. The van der Waals surface area contributed by atoms with Gasteiger partial charge in [0.05, 0.1) is 7.11 Å². The lowest BCUT2D eigenvalue weighted by Crippen LogP contribution is -2.23. The van der Waals surface area contributed by atoms with E-state index < -0.39 is 23.6 Å². The van der Waals surface area contributed by atoms with Crippen molar-refractivity contribution in [2.75, 3.05) is 12.4 Å². The van der Waals surface area contributed by atoms with Crippen LogP contribution in [0.2, 0.25) is 5.02 Å². The van der Waals surface area contributed by atoms with Gasteiger partial charge in [-0.2, -0.15) is 0 Å². The van der Waals surface area contributed by atoms with Gasteiger partial charge in [0.2, 0.25) is 0 Å². The van der Waals surface area contributed by atoms with Gasteiger partial charge in [0.25, 0.3) is 0 Å². The fourth-order valence-corrected chi connectivity index (χ4v) is 2.04. The molecule has 1 atom stereocenters. The molecule has 0 fully saturated rings. The minimum atomic E-state index is -1.13. The second-order valence-corrected chi connectivity index (χ2v) is 4.71. The first kappa shape index (κ1) is 15.3. The number of benzene rings is 2. The monoisotopic (exact) mass is 311 g/mol. The first-order chi connectivity index (χ1) is 10.0. The van der Waals surface area contributed by atoms with Crippen LogP contribution in [-0.4, -0.2) is 13.1 Å². The highest BCUT2D eigenvalue weighted by atomic mass is 35.5. The Labute approximate surface area is 125 Å². The van der Waals surface area contributed by atoms with Crippen molar-refractivity contribution >= 4 is 23.3 Å². The quantitative estimate of drug-likeness (QED) is 0.869. The minimum Gasteiger partial charge on any atom is -0.467 e. The number of methoxy groups -OCH3 is 1. The van der Waals surface area contributed by atoms with Crippen LogP contribution in [0.15, 0.2) is 42.5 Å². The van der Waals surface area contributed by atoms with Crippen LogP contribution in [0.1, 0.15) is 11.6 Å². The molecule has 2 aromatic carbocycles. The molecule has 0 spiro atoms. The third-order valence-electron chi connectivity index (χ3n) is 2.84. The predicted molar refractivity (Wildman–Crippen MR) is 76.2 cm³/mol. The van der Waals surface area contributed by atoms with Crippen LogP contribution in [0, 0.1) is 11.6 Å². The Morgan fingerprint density at radius 3 is 2.67 bits per heavy atom. The molecule has 0 bridgehead atoms. The molecule has 0 aliphatic rings. The second kappa shape index (κ2) is 6.54. The molecular weight excluding hydrogens is 300 g/mol. The normalized spacial score (nSPS) is 11.8. The lowest BCUT2D eigenvalue weighted by Gasteiger charge is -2.19. The van der Waals surface area contributed by atoms with Crippen LogP contribution in [0.4, 0.5) is 14.5 Å². The maximum absolute atomic E-state index is 13.9. The van der Waals surface area contributed by atoms with Gasteiger partial charge in [-0.3, -0.25) is 0 Å². The Kier molecular flexibility index (Phi) is 4.75. The second-order valence-electron chi connectivity index (χ2n) is 4.28. The number of hydrogen-bond acceptors (Lipinski definition) is 3. The van der Waals surface area contributed by atoms with Crippen molar-refractivity contribution in [1.29, 1.82) is 0 Å². The highest BCUT2D eigenvalue weighted by molar-refractivity contribution is 6.30. The van der Waals surface area contributed by atoms with Gasteiger partial charge in [0.1, 0.15) is 11.6 Å². The predicted octanol–water partition coefficient (Wildman–Crippen LogP) is 3.94. The number of ether oxygens (including phenoxy) is 1. The van der Waals surface area contributed by atoms with Crippen molar-refractivity contribution in [2.24, 2.45) is 0 Å². The van der Waals surface area contributed by atoms with Crippen LogP contribution in [0.3, 0.4) is 0 Å². The van der Waals surface area contributed by atoms with E-state index in [-0.39, 0.29) is 10.6 Å². The third-order valence-corrected chi connectivity index (χ3v) is 3.08. The Hall–Kier alpha value is -2.14. The van der Waals surface area contributed by atoms with E-state index in [1.807, 2.05) is 0 Å². The van der Waals surface area contributed by atoms with E-state index in [4.69, 9.17) is 11.6 Å². The van der Waals surface area contributed by atoms with Gasteiger partial charge in [-0.15, -0.1) is 0 Å². The molecule has 1 N–H and O–H groups in total. The number of esters is 1. The van der Waals surface area contributed by atoms with Crippen molar-refractivity contribution in [3.8, 4) is 0 Å². The van der Waals surface area contributed by atoms with Crippen molar-refractivity contribution in [3.63, 3.8) is 0 Å². The third kappa shape index (κ3) is 3.70. The van der Waals surface area contributed by atoms with Gasteiger partial charge in [-0.1, -0.05) is 17.7 Å². The summed E-state index contributed by atoms with van der Waals surface area (Å²) in [5, 5.41) is 3.02. The molecule has 2 aromatic rings. The average molecular weight is 312 g/mol. The number of halogens is 3. The number of nitrogens with one attached hydrogen (secondary N) is 1. The van der Waals surface area contributed by atoms with Gasteiger partial charge in [0.15, 0.2) is 6.04 Å². The van der Waals surface area contributed by atoms with E-state index in [9.17, 15) is 13.6 Å². The highest BCUT2D eigenvalue weighted by Gasteiger charge is 2.25. The van der Waals surface area contributed by atoms with Gasteiger partial charge in [-0.25, -0.2) is 13.6 Å². The Morgan fingerprint density at radius 2 is 2.00 bits per heavy atom. The summed E-state index contributed by atoms with van der Waals surface area (Å²) in [5.41, 5.74) is 0.350. The van der Waals surface area contributed by atoms with E-state index in [1.54, 1.807) is 6.07 Å². The van der Waals surface area contributed by atoms with Crippen LogP contribution < -0.4 is 5.32 Å². The number of hydrogen-bond donors (Lipinski definition) is 1. The highest BCUT2D eigenvalue weighted by Crippen LogP contribution is 2.26. The number of anilines is 1. The van der Waals surface area contributed by atoms with E-state index in [0.717, 1.165) is 6.07 Å². The minimum absolute atomic E-state index is 0.0265. The molecular formula is C15H12ClF2NO2. The topological polar surface area (TPSA) is 38.3 Å². The van der Waals surface area contributed by atoms with Crippen molar-refractivity contribution in [3.05, 3.63) is 64.7 Å². The first-order valence-electron chi connectivity index (χ1n) is 6.06. The zero-order valence-electron chi connectivity index (χ0n) is 11.1. The Bertz CT molecular complexity index is 664. The van der Waals surface area contributed by atoms with E-state index in [2.05, 4.69) is 10.1 Å². The van der Waals surface area contributed by atoms with Crippen LogP contribution in [0.5, 0.6) is 0 Å². The van der Waals surface area contributed by atoms with Crippen molar-refractivity contribution < 1.29 is 18.3 Å². The molecule has 3 nitrogen and oxygen atoms in total. The fourth-order valence-electron chi connectivity index (χ4n) is 1.86. The summed E-state index contributed by atoms with van der Waals surface area (Å²) in [6, 6.07) is 8.21. The fraction of sp³-hybridized carbons (Fsp3) is 0.133. The summed E-state index contributed by atoms with van der Waals surface area (Å²) in [5.74, 6) is -1.80. The number of carbonyl (C=O) groups is 1. The average Bonchev–Trinajstić information content (AvgIpc) is 2.47. The van der Waals surface area contributed by atoms with Gasteiger partial charge >= 0.3 is 5.97 Å². The maximum atomic E-state index is 13.9. The van der Waals surface area contributed by atoms with Gasteiger partial charge in [-0.05, 0) is 36.4 Å². The lowest BCUT2D eigenvalue weighted by molar-refractivity contribution is -0.141. The smallest absolute Gasteiger partial charge is 0.333 e. The zero-order valence-corrected chi connectivity index (χ0v) is 11.8.